The van der Waals surface area contributed by atoms with Crippen molar-refractivity contribution in [2.75, 3.05) is 5.32 Å². The molecule has 0 amide bonds. The number of rotatable bonds is 5. The number of hydrogen-bond donors (Lipinski definition) is 2. The Balaban J connectivity index is 1.92. The largest absolute Gasteiger partial charge is 0.508 e. The second-order valence-electron chi connectivity index (χ2n) is 5.00. The molecule has 0 aromatic heterocycles. The fourth-order valence-electron chi connectivity index (χ4n) is 2.04. The molecule has 2 aromatic carbocycles. The molecular formula is C16H16Cl2FNO. The van der Waals surface area contributed by atoms with Gasteiger partial charge < -0.3 is 10.4 Å². The molecule has 0 fully saturated rings. The lowest BCUT2D eigenvalue weighted by molar-refractivity contribution is 0.475. The molecule has 0 saturated carbocycles. The topological polar surface area (TPSA) is 32.3 Å². The van der Waals surface area contributed by atoms with Gasteiger partial charge in [0, 0.05) is 11.7 Å². The van der Waals surface area contributed by atoms with E-state index in [9.17, 15) is 9.50 Å². The minimum atomic E-state index is -0.597. The zero-order valence-electron chi connectivity index (χ0n) is 11.5. The molecule has 0 aliphatic carbocycles. The summed E-state index contributed by atoms with van der Waals surface area (Å²) in [6.45, 7) is 2.03. The summed E-state index contributed by atoms with van der Waals surface area (Å²) < 4.78 is 13.3. The summed E-state index contributed by atoms with van der Waals surface area (Å²) in [5.74, 6) is -0.332. The lowest BCUT2D eigenvalue weighted by atomic mass is 10.1. The van der Waals surface area contributed by atoms with E-state index in [2.05, 4.69) is 5.32 Å². The third kappa shape index (κ3) is 4.51. The Morgan fingerprint density at radius 2 is 1.71 bits per heavy atom. The minimum absolute atomic E-state index is 0.00994. The fraction of sp³-hybridized carbons (Fsp3) is 0.250. The van der Waals surface area contributed by atoms with Gasteiger partial charge in [-0.15, -0.1) is 0 Å². The zero-order valence-corrected chi connectivity index (χ0v) is 13.0. The highest BCUT2D eigenvalue weighted by molar-refractivity contribution is 6.35. The second-order valence-corrected chi connectivity index (χ2v) is 5.82. The molecule has 21 heavy (non-hydrogen) atoms. The van der Waals surface area contributed by atoms with Gasteiger partial charge in [0.25, 0.3) is 0 Å². The maximum absolute atomic E-state index is 13.3. The Bertz CT molecular complexity index is 593. The monoisotopic (exact) mass is 327 g/mol. The van der Waals surface area contributed by atoms with E-state index in [1.807, 2.05) is 19.1 Å². The molecule has 2 nitrogen and oxygen atoms in total. The third-order valence-electron chi connectivity index (χ3n) is 3.20. The van der Waals surface area contributed by atoms with Gasteiger partial charge in [0.05, 0.1) is 10.0 Å². The third-order valence-corrected chi connectivity index (χ3v) is 3.75. The normalized spacial score (nSPS) is 12.2. The van der Waals surface area contributed by atoms with Crippen LogP contribution in [-0.2, 0) is 6.42 Å². The molecule has 1 unspecified atom stereocenters. The van der Waals surface area contributed by atoms with Crippen molar-refractivity contribution in [3.8, 4) is 5.75 Å². The molecule has 1 atom stereocenters. The number of aryl methyl sites for hydroxylation is 1. The first kappa shape index (κ1) is 15.9. The summed E-state index contributed by atoms with van der Waals surface area (Å²) in [7, 11) is 0. The summed E-state index contributed by atoms with van der Waals surface area (Å²) >= 11 is 11.5. The van der Waals surface area contributed by atoms with Crippen molar-refractivity contribution in [2.45, 2.75) is 25.8 Å². The van der Waals surface area contributed by atoms with Crippen LogP contribution in [0.2, 0.25) is 10.0 Å². The summed E-state index contributed by atoms with van der Waals surface area (Å²) in [6, 6.07) is 10.4. The van der Waals surface area contributed by atoms with Crippen molar-refractivity contribution in [1.82, 2.24) is 0 Å². The average molecular weight is 328 g/mol. The quantitative estimate of drug-likeness (QED) is 0.733. The maximum Gasteiger partial charge on any atom is 0.160 e. The highest BCUT2D eigenvalue weighted by Crippen LogP contribution is 2.28. The zero-order chi connectivity index (χ0) is 15.4. The van der Waals surface area contributed by atoms with Gasteiger partial charge in [-0.1, -0.05) is 35.3 Å². The van der Waals surface area contributed by atoms with E-state index >= 15 is 0 Å². The van der Waals surface area contributed by atoms with Gasteiger partial charge >= 0.3 is 0 Å². The second kappa shape index (κ2) is 7.01. The van der Waals surface area contributed by atoms with Crippen LogP contribution in [0.5, 0.6) is 5.75 Å². The van der Waals surface area contributed by atoms with Gasteiger partial charge in [0.15, 0.2) is 5.82 Å². The molecule has 0 aliphatic heterocycles. The van der Waals surface area contributed by atoms with Crippen LogP contribution in [0.15, 0.2) is 36.4 Å². The summed E-state index contributed by atoms with van der Waals surface area (Å²) in [5, 5.41) is 12.5. The van der Waals surface area contributed by atoms with Gasteiger partial charge in [0.2, 0.25) is 0 Å². The molecule has 2 aromatic rings. The Morgan fingerprint density at radius 1 is 1.14 bits per heavy atom. The Morgan fingerprint density at radius 3 is 2.29 bits per heavy atom. The van der Waals surface area contributed by atoms with Crippen molar-refractivity contribution >= 4 is 28.9 Å². The van der Waals surface area contributed by atoms with E-state index in [0.717, 1.165) is 18.4 Å². The average Bonchev–Trinajstić information content (AvgIpc) is 2.44. The van der Waals surface area contributed by atoms with E-state index in [-0.39, 0.29) is 21.8 Å². The summed E-state index contributed by atoms with van der Waals surface area (Å²) in [6.07, 6.45) is 1.76. The molecule has 0 heterocycles. The van der Waals surface area contributed by atoms with Crippen LogP contribution < -0.4 is 5.32 Å². The number of nitrogens with one attached hydrogen (secondary N) is 1. The predicted molar refractivity (Wildman–Crippen MR) is 85.9 cm³/mol. The SMILES string of the molecule is CC(CCc1ccc(O)cc1)Nc1cc(Cl)c(F)c(Cl)c1. The maximum atomic E-state index is 13.3. The minimum Gasteiger partial charge on any atom is -0.508 e. The summed E-state index contributed by atoms with van der Waals surface area (Å²) in [4.78, 5) is 0. The van der Waals surface area contributed by atoms with Crippen LogP contribution >= 0.6 is 23.2 Å². The van der Waals surface area contributed by atoms with Crippen LogP contribution in [-0.4, -0.2) is 11.1 Å². The molecule has 0 radical (unpaired) electrons. The van der Waals surface area contributed by atoms with Gasteiger partial charge in [-0.05, 0) is 49.6 Å². The number of hydrogen-bond acceptors (Lipinski definition) is 2. The molecule has 0 spiro atoms. The Hall–Kier alpha value is -1.45. The lowest BCUT2D eigenvalue weighted by Gasteiger charge is -2.16. The first-order chi connectivity index (χ1) is 9.95. The molecular weight excluding hydrogens is 312 g/mol. The van der Waals surface area contributed by atoms with E-state index in [0.29, 0.717) is 5.69 Å². The first-order valence-corrected chi connectivity index (χ1v) is 7.40. The molecule has 2 rings (SSSR count). The number of anilines is 1. The van der Waals surface area contributed by atoms with Crippen molar-refractivity contribution < 1.29 is 9.50 Å². The number of aromatic hydroxyl groups is 1. The van der Waals surface area contributed by atoms with Crippen LogP contribution in [0.4, 0.5) is 10.1 Å². The van der Waals surface area contributed by atoms with Crippen molar-refractivity contribution in [2.24, 2.45) is 0 Å². The number of phenols is 1. The van der Waals surface area contributed by atoms with Crippen molar-refractivity contribution in [3.05, 3.63) is 57.8 Å². The fourth-order valence-corrected chi connectivity index (χ4v) is 2.53. The predicted octanol–water partition coefficient (Wildman–Crippen LogP) is 5.27. The molecule has 2 N–H and O–H groups in total. The highest BCUT2D eigenvalue weighted by atomic mass is 35.5. The van der Waals surface area contributed by atoms with E-state index in [1.165, 1.54) is 12.1 Å². The molecule has 0 saturated heterocycles. The van der Waals surface area contributed by atoms with Crippen molar-refractivity contribution in [3.63, 3.8) is 0 Å². The molecule has 0 bridgehead atoms. The summed E-state index contributed by atoms with van der Waals surface area (Å²) in [5.41, 5.74) is 1.85. The molecule has 0 aliphatic rings. The van der Waals surface area contributed by atoms with Gasteiger partial charge in [-0.2, -0.15) is 0 Å². The van der Waals surface area contributed by atoms with Crippen LogP contribution in [0.3, 0.4) is 0 Å². The van der Waals surface area contributed by atoms with Gasteiger partial charge in [-0.3, -0.25) is 0 Å². The highest BCUT2D eigenvalue weighted by Gasteiger charge is 2.09. The number of benzene rings is 2. The Kier molecular flexibility index (Phi) is 5.32. The number of halogens is 3. The van der Waals surface area contributed by atoms with E-state index < -0.39 is 5.82 Å². The van der Waals surface area contributed by atoms with Crippen molar-refractivity contribution in [1.29, 1.82) is 0 Å². The standard InChI is InChI=1S/C16H16Cl2FNO/c1-10(2-3-11-4-6-13(21)7-5-11)20-12-8-14(17)16(19)15(18)9-12/h4-10,20-21H,2-3H2,1H3. The Labute approximate surface area is 133 Å². The molecule has 5 heteroatoms. The van der Waals surface area contributed by atoms with Crippen LogP contribution in [0.25, 0.3) is 0 Å². The lowest BCUT2D eigenvalue weighted by Crippen LogP contribution is -2.16. The van der Waals surface area contributed by atoms with E-state index in [1.54, 1.807) is 12.1 Å². The number of phenolic OH excluding ortho intramolecular Hbond substituents is 1. The van der Waals surface area contributed by atoms with Gasteiger partial charge in [0.1, 0.15) is 5.75 Å². The smallest absolute Gasteiger partial charge is 0.160 e. The van der Waals surface area contributed by atoms with Crippen LogP contribution in [0, 0.1) is 5.82 Å². The first-order valence-electron chi connectivity index (χ1n) is 6.64. The molecule has 112 valence electrons. The van der Waals surface area contributed by atoms with Crippen LogP contribution in [0.1, 0.15) is 18.9 Å². The van der Waals surface area contributed by atoms with Gasteiger partial charge in [-0.25, -0.2) is 4.39 Å². The van der Waals surface area contributed by atoms with E-state index in [4.69, 9.17) is 23.2 Å².